The Kier molecular flexibility index (Phi) is 8.43. The van der Waals surface area contributed by atoms with Crippen molar-refractivity contribution in [3.63, 3.8) is 0 Å². The molecule has 5 heterocycles. The molecule has 0 amide bonds. The van der Waals surface area contributed by atoms with Crippen LogP contribution >= 0.6 is 0 Å². The molecule has 0 radical (unpaired) electrons. The molecule has 2 bridgehead atoms. The van der Waals surface area contributed by atoms with E-state index in [4.69, 9.17) is 39.2 Å². The van der Waals surface area contributed by atoms with E-state index in [1.807, 2.05) is 6.92 Å². The summed E-state index contributed by atoms with van der Waals surface area (Å²) in [6.45, 7) is 6.53. The van der Waals surface area contributed by atoms with Crippen molar-refractivity contribution in [3.05, 3.63) is 30.6 Å². The average Bonchev–Trinajstić information content (AvgIpc) is 3.24. The lowest BCUT2D eigenvalue weighted by atomic mass is 9.58. The van der Waals surface area contributed by atoms with Crippen molar-refractivity contribution in [2.75, 3.05) is 37.4 Å². The van der Waals surface area contributed by atoms with Crippen LogP contribution in [0.3, 0.4) is 0 Å². The minimum Gasteiger partial charge on any atom is -0.489 e. The molecule has 1 unspecified atom stereocenters. The van der Waals surface area contributed by atoms with Crippen LogP contribution in [0.1, 0.15) is 52.9 Å². The van der Waals surface area contributed by atoms with Crippen LogP contribution in [0.2, 0.25) is 0 Å². The first-order valence-corrected chi connectivity index (χ1v) is 16.6. The molecule has 1 aromatic carbocycles. The molecule has 1 spiro atoms. The standard InChI is InChI=1S/C30H42N4O9S/c1-18-7-12-23-19(2)27(40-28-30(23)22(18)13-14-29(3,41-28)42-43-30)39-16-6-15-34(25-24(37-4)26(38-5)33-17-32-25)44(35,36)21-10-8-20(31)9-11-21/h8-11,17-19,22-23,27-28H,6-7,12-16,31H2,1-5H3/t18-,19-,22?,23+,27+,28-,29-,30-/m1/s1. The van der Waals surface area contributed by atoms with Crippen LogP contribution in [0, 0.1) is 23.7 Å². The Bertz CT molecular complexity index is 1450. The molecule has 242 valence electrons. The van der Waals surface area contributed by atoms with Gasteiger partial charge in [0.25, 0.3) is 15.9 Å². The fraction of sp³-hybridized carbons (Fsp3) is 0.667. The number of aromatic nitrogens is 2. The van der Waals surface area contributed by atoms with Gasteiger partial charge in [0.15, 0.2) is 24.0 Å². The number of nitrogens with two attached hydrogens (primary N) is 1. The average molecular weight is 635 g/mol. The Morgan fingerprint density at radius 1 is 1.05 bits per heavy atom. The second-order valence-electron chi connectivity index (χ2n) is 12.4. The molecule has 1 aliphatic carbocycles. The van der Waals surface area contributed by atoms with E-state index >= 15 is 0 Å². The van der Waals surface area contributed by atoms with E-state index in [-0.39, 0.29) is 53.2 Å². The molecule has 5 aliphatic rings. The third kappa shape index (κ3) is 5.18. The topological polar surface area (TPSA) is 154 Å². The SMILES string of the molecule is COc1ncnc(N(CCCO[C@H]2O[C@@H]3O[C@@]4(C)CCC5[C@H](C)CC[C@@H]([C@H]2C)[C@]53OO4)S(=O)(=O)c2ccc(N)cc2)c1OC. The molecule has 4 aliphatic heterocycles. The van der Waals surface area contributed by atoms with Crippen molar-refractivity contribution in [2.45, 2.75) is 81.7 Å². The quantitative estimate of drug-likeness (QED) is 0.229. The summed E-state index contributed by atoms with van der Waals surface area (Å²) in [6, 6.07) is 5.98. The van der Waals surface area contributed by atoms with Gasteiger partial charge < -0.3 is 29.4 Å². The van der Waals surface area contributed by atoms with Crippen LogP contribution in [0.4, 0.5) is 11.5 Å². The highest BCUT2D eigenvalue weighted by Crippen LogP contribution is 2.60. The lowest BCUT2D eigenvalue weighted by Crippen LogP contribution is -2.70. The van der Waals surface area contributed by atoms with Gasteiger partial charge in [0.05, 0.1) is 25.7 Å². The largest absolute Gasteiger partial charge is 0.489 e. The molecule has 13 nitrogen and oxygen atoms in total. The second-order valence-corrected chi connectivity index (χ2v) is 14.2. The van der Waals surface area contributed by atoms with Gasteiger partial charge in [-0.3, -0.25) is 0 Å². The Balaban J connectivity index is 1.21. The van der Waals surface area contributed by atoms with Crippen LogP contribution in [-0.4, -0.2) is 69.7 Å². The molecule has 2 aromatic rings. The maximum atomic E-state index is 13.9. The number of methoxy groups -OCH3 is 2. The van der Waals surface area contributed by atoms with Crippen LogP contribution in [0.5, 0.6) is 11.6 Å². The van der Waals surface area contributed by atoms with Crippen molar-refractivity contribution in [1.29, 1.82) is 0 Å². The normalized spacial score (nSPS) is 34.6. The lowest BCUT2D eigenvalue weighted by molar-refractivity contribution is -0.577. The summed E-state index contributed by atoms with van der Waals surface area (Å²) >= 11 is 0. The monoisotopic (exact) mass is 634 g/mol. The predicted octanol–water partition coefficient (Wildman–Crippen LogP) is 3.89. The highest BCUT2D eigenvalue weighted by atomic mass is 32.2. The molecular formula is C30H42N4O9S. The van der Waals surface area contributed by atoms with Crippen molar-refractivity contribution >= 4 is 21.5 Å². The van der Waals surface area contributed by atoms with Crippen molar-refractivity contribution in [3.8, 4) is 11.6 Å². The molecule has 1 aromatic heterocycles. The minimum absolute atomic E-state index is 0.00302. The van der Waals surface area contributed by atoms with Crippen molar-refractivity contribution < 1.29 is 41.9 Å². The second kappa shape index (κ2) is 11.9. The number of ether oxygens (including phenoxy) is 5. The number of hydrogen-bond acceptors (Lipinski definition) is 12. The van der Waals surface area contributed by atoms with E-state index in [2.05, 4.69) is 23.8 Å². The Morgan fingerprint density at radius 3 is 2.55 bits per heavy atom. The number of anilines is 2. The van der Waals surface area contributed by atoms with Gasteiger partial charge in [0, 0.05) is 30.5 Å². The number of rotatable bonds is 10. The van der Waals surface area contributed by atoms with Gasteiger partial charge in [-0.05, 0) is 68.7 Å². The lowest BCUT2D eigenvalue weighted by Gasteiger charge is -2.60. The summed E-state index contributed by atoms with van der Waals surface area (Å²) < 4.78 is 59.1. The van der Waals surface area contributed by atoms with E-state index in [9.17, 15) is 8.42 Å². The van der Waals surface area contributed by atoms with Gasteiger partial charge in [-0.1, -0.05) is 13.8 Å². The van der Waals surface area contributed by atoms with E-state index in [1.165, 1.54) is 49.1 Å². The first-order valence-electron chi connectivity index (χ1n) is 15.2. The summed E-state index contributed by atoms with van der Waals surface area (Å²) in [5, 5.41) is 0. The van der Waals surface area contributed by atoms with Gasteiger partial charge >= 0.3 is 0 Å². The maximum Gasteiger partial charge on any atom is 0.265 e. The predicted molar refractivity (Wildman–Crippen MR) is 158 cm³/mol. The fourth-order valence-corrected chi connectivity index (χ4v) is 8.89. The number of nitrogens with zero attached hydrogens (tertiary/aromatic N) is 3. The first-order chi connectivity index (χ1) is 21.0. The van der Waals surface area contributed by atoms with E-state index in [0.29, 0.717) is 18.0 Å². The van der Waals surface area contributed by atoms with Crippen LogP contribution in [-0.2, 0) is 34.0 Å². The van der Waals surface area contributed by atoms with Crippen LogP contribution in [0.15, 0.2) is 35.5 Å². The van der Waals surface area contributed by atoms with Crippen molar-refractivity contribution in [1.82, 2.24) is 9.97 Å². The molecule has 4 saturated heterocycles. The zero-order chi connectivity index (χ0) is 31.3. The van der Waals surface area contributed by atoms with Crippen LogP contribution in [0.25, 0.3) is 0 Å². The molecule has 1 saturated carbocycles. The number of fused-ring (bicyclic) bond motifs is 2. The summed E-state index contributed by atoms with van der Waals surface area (Å²) in [7, 11) is -1.25. The molecule has 5 fully saturated rings. The third-order valence-corrected chi connectivity index (χ3v) is 11.5. The fourth-order valence-electron chi connectivity index (χ4n) is 7.43. The van der Waals surface area contributed by atoms with Gasteiger partial charge in [0.1, 0.15) is 6.33 Å². The number of nitrogen functional groups attached to an aromatic ring is 1. The smallest absolute Gasteiger partial charge is 0.265 e. The van der Waals surface area contributed by atoms with E-state index in [1.54, 1.807) is 0 Å². The van der Waals surface area contributed by atoms with E-state index < -0.39 is 34.0 Å². The molecule has 7 rings (SSSR count). The summed E-state index contributed by atoms with van der Waals surface area (Å²) in [5.74, 6) is 0.219. The highest BCUT2D eigenvalue weighted by Gasteiger charge is 2.69. The Morgan fingerprint density at radius 2 is 1.82 bits per heavy atom. The number of benzene rings is 1. The number of hydrogen-bond donors (Lipinski definition) is 1. The van der Waals surface area contributed by atoms with Gasteiger partial charge in [-0.2, -0.15) is 4.98 Å². The first kappa shape index (κ1) is 31.2. The van der Waals surface area contributed by atoms with Crippen molar-refractivity contribution in [2.24, 2.45) is 23.7 Å². The number of sulfonamides is 1. The zero-order valence-corrected chi connectivity index (χ0v) is 26.6. The zero-order valence-electron chi connectivity index (χ0n) is 25.8. The molecule has 14 heteroatoms. The Labute approximate surface area is 258 Å². The maximum absolute atomic E-state index is 13.9. The third-order valence-electron chi connectivity index (χ3n) is 9.74. The molecular weight excluding hydrogens is 592 g/mol. The molecule has 44 heavy (non-hydrogen) atoms. The minimum atomic E-state index is -4.08. The van der Waals surface area contributed by atoms with Gasteiger partial charge in [0.2, 0.25) is 11.5 Å². The summed E-state index contributed by atoms with van der Waals surface area (Å²) in [4.78, 5) is 20.5. The van der Waals surface area contributed by atoms with Gasteiger partial charge in [-0.15, -0.1) is 0 Å². The summed E-state index contributed by atoms with van der Waals surface area (Å²) in [6.07, 6.45) is 4.09. The van der Waals surface area contributed by atoms with E-state index in [0.717, 1.165) is 25.7 Å². The summed E-state index contributed by atoms with van der Waals surface area (Å²) in [5.41, 5.74) is 5.58. The highest BCUT2D eigenvalue weighted by molar-refractivity contribution is 7.92. The Hall–Kier alpha value is -2.75. The molecule has 8 atom stereocenters. The van der Waals surface area contributed by atoms with Gasteiger partial charge in [-0.25, -0.2) is 27.5 Å². The van der Waals surface area contributed by atoms with Crippen LogP contribution < -0.4 is 19.5 Å². The molecule has 2 N–H and O–H groups in total.